The summed E-state index contributed by atoms with van der Waals surface area (Å²) in [5.74, 6) is 0. The van der Waals surface area contributed by atoms with Gasteiger partial charge in [0, 0.05) is 13.1 Å². The molecule has 0 aliphatic rings. The maximum Gasteiger partial charge on any atom is 0.0596 e. The second kappa shape index (κ2) is 6.21. The maximum atomic E-state index is 5.42. The van der Waals surface area contributed by atoms with Gasteiger partial charge in [-0.3, -0.25) is 0 Å². The number of hydrogen-bond donors (Lipinski definition) is 0. The summed E-state index contributed by atoms with van der Waals surface area (Å²) in [6.45, 7) is 12.7. The van der Waals surface area contributed by atoms with Gasteiger partial charge in [0.25, 0.3) is 0 Å². The van der Waals surface area contributed by atoms with Crippen molar-refractivity contribution in [3.8, 4) is 0 Å². The summed E-state index contributed by atoms with van der Waals surface area (Å²) in [5.41, 5.74) is 1.20. The van der Waals surface area contributed by atoms with Gasteiger partial charge in [0.1, 0.15) is 0 Å². The average Bonchev–Trinajstić information content (AvgIpc) is 1.84. The van der Waals surface area contributed by atoms with Gasteiger partial charge >= 0.3 is 0 Å². The third-order valence-corrected chi connectivity index (χ3v) is 1.46. The van der Waals surface area contributed by atoms with E-state index in [2.05, 4.69) is 32.4 Å². The monoisotopic (exact) mass is 171 g/mol. The Bertz CT molecular complexity index is 132. The van der Waals surface area contributed by atoms with E-state index in [0.717, 1.165) is 19.7 Å². The zero-order chi connectivity index (χ0) is 9.56. The van der Waals surface area contributed by atoms with Crippen LogP contribution in [0.1, 0.15) is 20.8 Å². The molecule has 0 N–H and O–H groups in total. The smallest absolute Gasteiger partial charge is 0.0596 e. The van der Waals surface area contributed by atoms with Crippen molar-refractivity contribution in [3.05, 3.63) is 12.2 Å². The predicted octanol–water partition coefficient (Wildman–Crippen LogP) is 1.92. The highest BCUT2D eigenvalue weighted by atomic mass is 16.5. The fourth-order valence-corrected chi connectivity index (χ4v) is 0.984. The van der Waals surface area contributed by atoms with E-state index in [4.69, 9.17) is 4.74 Å². The lowest BCUT2D eigenvalue weighted by Gasteiger charge is -2.17. The molecule has 0 saturated heterocycles. The Hall–Kier alpha value is -0.340. The molecule has 0 unspecified atom stereocenters. The van der Waals surface area contributed by atoms with Crippen LogP contribution in [0, 0.1) is 0 Å². The van der Waals surface area contributed by atoms with Gasteiger partial charge in [-0.2, -0.15) is 0 Å². The Kier molecular flexibility index (Phi) is 6.03. The Morgan fingerprint density at radius 2 is 2.08 bits per heavy atom. The Morgan fingerprint density at radius 3 is 2.50 bits per heavy atom. The molecule has 0 rings (SSSR count). The molecule has 0 heterocycles. The summed E-state index contributed by atoms with van der Waals surface area (Å²) in [6.07, 6.45) is 0.336. The highest BCUT2D eigenvalue weighted by Crippen LogP contribution is 1.93. The molecule has 0 aromatic rings. The highest BCUT2D eigenvalue weighted by Gasteiger charge is 1.98. The van der Waals surface area contributed by atoms with Gasteiger partial charge < -0.3 is 9.64 Å². The van der Waals surface area contributed by atoms with Gasteiger partial charge in [-0.1, -0.05) is 12.2 Å². The van der Waals surface area contributed by atoms with E-state index >= 15 is 0 Å². The molecule has 0 aromatic heterocycles. The first-order valence-corrected chi connectivity index (χ1v) is 4.47. The maximum absolute atomic E-state index is 5.42. The first-order chi connectivity index (χ1) is 5.52. The molecular weight excluding hydrogens is 150 g/mol. The summed E-state index contributed by atoms with van der Waals surface area (Å²) < 4.78 is 5.42. The molecule has 0 atom stereocenters. The number of nitrogens with zero attached hydrogens (tertiary/aromatic N) is 1. The third kappa shape index (κ3) is 7.76. The molecular formula is C10H21NO. The zero-order valence-corrected chi connectivity index (χ0v) is 8.76. The third-order valence-electron chi connectivity index (χ3n) is 1.46. The van der Waals surface area contributed by atoms with E-state index in [1.807, 2.05) is 6.92 Å². The molecule has 0 fully saturated rings. The molecule has 12 heavy (non-hydrogen) atoms. The van der Waals surface area contributed by atoms with Crippen LogP contribution >= 0.6 is 0 Å². The van der Waals surface area contributed by atoms with Crippen LogP contribution in [-0.4, -0.2) is 37.7 Å². The van der Waals surface area contributed by atoms with E-state index in [9.17, 15) is 0 Å². The SMILES string of the molecule is C=C(C)CN(C)CCOC(C)C. The fraction of sp³-hybridized carbons (Fsp3) is 0.800. The lowest BCUT2D eigenvalue weighted by Crippen LogP contribution is -2.25. The molecule has 0 aliphatic heterocycles. The van der Waals surface area contributed by atoms with Gasteiger partial charge in [-0.25, -0.2) is 0 Å². The van der Waals surface area contributed by atoms with Gasteiger partial charge in [0.05, 0.1) is 12.7 Å². The van der Waals surface area contributed by atoms with Gasteiger partial charge in [-0.05, 0) is 27.8 Å². The second-order valence-electron chi connectivity index (χ2n) is 3.61. The predicted molar refractivity (Wildman–Crippen MR) is 53.4 cm³/mol. The highest BCUT2D eigenvalue weighted by molar-refractivity contribution is 4.90. The van der Waals surface area contributed by atoms with Crippen molar-refractivity contribution in [2.75, 3.05) is 26.7 Å². The molecule has 2 nitrogen and oxygen atoms in total. The summed E-state index contributed by atoms with van der Waals surface area (Å²) in [7, 11) is 2.08. The van der Waals surface area contributed by atoms with Crippen LogP contribution < -0.4 is 0 Å². The van der Waals surface area contributed by atoms with Crippen molar-refractivity contribution in [2.45, 2.75) is 26.9 Å². The number of rotatable bonds is 6. The molecule has 0 aromatic carbocycles. The minimum Gasteiger partial charge on any atom is -0.377 e. The number of likely N-dealkylation sites (N-methyl/N-ethyl adjacent to an activating group) is 1. The average molecular weight is 171 g/mol. The van der Waals surface area contributed by atoms with E-state index in [-0.39, 0.29) is 0 Å². The standard InChI is InChI=1S/C10H21NO/c1-9(2)8-11(5)6-7-12-10(3)4/h10H,1,6-8H2,2-5H3. The van der Waals surface area contributed by atoms with Crippen molar-refractivity contribution in [1.29, 1.82) is 0 Å². The molecule has 0 bridgehead atoms. The molecule has 0 spiro atoms. The first kappa shape index (κ1) is 11.7. The van der Waals surface area contributed by atoms with Crippen molar-refractivity contribution in [2.24, 2.45) is 0 Å². The van der Waals surface area contributed by atoms with Crippen molar-refractivity contribution in [1.82, 2.24) is 4.90 Å². The van der Waals surface area contributed by atoms with Crippen LogP contribution in [0.3, 0.4) is 0 Å². The fourth-order valence-electron chi connectivity index (χ4n) is 0.984. The Labute approximate surface area is 76.2 Å². The van der Waals surface area contributed by atoms with Crippen LogP contribution in [0.15, 0.2) is 12.2 Å². The van der Waals surface area contributed by atoms with E-state index in [1.165, 1.54) is 5.57 Å². The van der Waals surface area contributed by atoms with Crippen LogP contribution in [-0.2, 0) is 4.74 Å². The summed E-state index contributed by atoms with van der Waals surface area (Å²) in [4.78, 5) is 2.21. The van der Waals surface area contributed by atoms with E-state index in [0.29, 0.717) is 6.10 Å². The Morgan fingerprint density at radius 1 is 1.50 bits per heavy atom. The topological polar surface area (TPSA) is 12.5 Å². The molecule has 0 amide bonds. The van der Waals surface area contributed by atoms with Crippen LogP contribution in [0.25, 0.3) is 0 Å². The molecule has 72 valence electrons. The van der Waals surface area contributed by atoms with E-state index < -0.39 is 0 Å². The van der Waals surface area contributed by atoms with Crippen molar-refractivity contribution in [3.63, 3.8) is 0 Å². The lowest BCUT2D eigenvalue weighted by molar-refractivity contribution is 0.0653. The van der Waals surface area contributed by atoms with Crippen molar-refractivity contribution >= 4 is 0 Å². The minimum absolute atomic E-state index is 0.336. The zero-order valence-electron chi connectivity index (χ0n) is 8.76. The number of ether oxygens (including phenoxy) is 1. The number of hydrogen-bond acceptors (Lipinski definition) is 2. The first-order valence-electron chi connectivity index (χ1n) is 4.47. The minimum atomic E-state index is 0.336. The Balaban J connectivity index is 3.31. The second-order valence-corrected chi connectivity index (χ2v) is 3.61. The largest absolute Gasteiger partial charge is 0.377 e. The molecule has 0 saturated carbocycles. The molecule has 0 radical (unpaired) electrons. The van der Waals surface area contributed by atoms with Crippen LogP contribution in [0.5, 0.6) is 0 Å². The quantitative estimate of drug-likeness (QED) is 0.566. The summed E-state index contributed by atoms with van der Waals surface area (Å²) >= 11 is 0. The lowest BCUT2D eigenvalue weighted by atomic mass is 10.3. The van der Waals surface area contributed by atoms with Gasteiger partial charge in [0.2, 0.25) is 0 Å². The van der Waals surface area contributed by atoms with Gasteiger partial charge in [-0.15, -0.1) is 0 Å². The van der Waals surface area contributed by atoms with Crippen LogP contribution in [0.2, 0.25) is 0 Å². The van der Waals surface area contributed by atoms with Crippen LogP contribution in [0.4, 0.5) is 0 Å². The summed E-state index contributed by atoms with van der Waals surface area (Å²) in [5, 5.41) is 0. The molecule has 2 heteroatoms. The van der Waals surface area contributed by atoms with Gasteiger partial charge in [0.15, 0.2) is 0 Å². The van der Waals surface area contributed by atoms with E-state index in [1.54, 1.807) is 0 Å². The molecule has 0 aliphatic carbocycles. The normalized spacial score (nSPS) is 11.2. The van der Waals surface area contributed by atoms with Crippen molar-refractivity contribution < 1.29 is 4.74 Å². The summed E-state index contributed by atoms with van der Waals surface area (Å²) in [6, 6.07) is 0.